The Kier molecular flexibility index (Phi) is 7.26. The number of unbranched alkanes of at least 4 members (excludes halogenated alkanes) is 2. The molecule has 27 heavy (non-hydrogen) atoms. The fraction of sp³-hybridized carbons (Fsp3) is 0.750. The third-order valence-corrected chi connectivity index (χ3v) is 5.42. The Balaban J connectivity index is 1.54. The predicted molar refractivity (Wildman–Crippen MR) is 107 cm³/mol. The van der Waals surface area contributed by atoms with E-state index in [1.165, 1.54) is 38.8 Å². The molecule has 0 aromatic carbocycles. The molecule has 0 spiro atoms. The number of hydrogen-bond acceptors (Lipinski definition) is 6. The molecule has 1 aromatic heterocycles. The largest absolute Gasteiger partial charge is 0.463 e. The number of ether oxygens (including phenoxy) is 1. The molecule has 0 atom stereocenters. The molecule has 7 nitrogen and oxygen atoms in total. The van der Waals surface area contributed by atoms with E-state index in [1.807, 2.05) is 0 Å². The SMILES string of the molecule is CCCCOc1nc(N)c2c(n1)N(CCCCN1CCCCCC1)C(=O)C2. The van der Waals surface area contributed by atoms with Crippen molar-refractivity contribution in [2.45, 2.75) is 64.7 Å². The highest BCUT2D eigenvalue weighted by atomic mass is 16.5. The summed E-state index contributed by atoms with van der Waals surface area (Å²) >= 11 is 0. The summed E-state index contributed by atoms with van der Waals surface area (Å²) in [5.41, 5.74) is 6.80. The predicted octanol–water partition coefficient (Wildman–Crippen LogP) is 2.78. The van der Waals surface area contributed by atoms with Crippen LogP contribution in [0.5, 0.6) is 6.01 Å². The summed E-state index contributed by atoms with van der Waals surface area (Å²) in [6, 6.07) is 0.281. The van der Waals surface area contributed by atoms with E-state index < -0.39 is 0 Å². The summed E-state index contributed by atoms with van der Waals surface area (Å²) in [4.78, 5) is 25.5. The van der Waals surface area contributed by atoms with Gasteiger partial charge in [-0.25, -0.2) is 0 Å². The summed E-state index contributed by atoms with van der Waals surface area (Å²) in [7, 11) is 0. The molecular weight excluding hydrogens is 342 g/mol. The lowest BCUT2D eigenvalue weighted by Gasteiger charge is -2.21. The lowest BCUT2D eigenvalue weighted by molar-refractivity contribution is -0.117. The van der Waals surface area contributed by atoms with Crippen LogP contribution in [0.15, 0.2) is 0 Å². The third-order valence-electron chi connectivity index (χ3n) is 5.42. The molecule has 0 unspecified atom stereocenters. The van der Waals surface area contributed by atoms with Gasteiger partial charge in [0.1, 0.15) is 11.6 Å². The molecule has 0 bridgehead atoms. The van der Waals surface area contributed by atoms with Gasteiger partial charge in [-0.05, 0) is 51.7 Å². The second-order valence-electron chi connectivity index (χ2n) is 7.58. The van der Waals surface area contributed by atoms with Crippen molar-refractivity contribution in [2.75, 3.05) is 43.4 Å². The summed E-state index contributed by atoms with van der Waals surface area (Å²) in [6.45, 7) is 6.91. The highest BCUT2D eigenvalue weighted by molar-refractivity contribution is 6.01. The second-order valence-corrected chi connectivity index (χ2v) is 7.58. The van der Waals surface area contributed by atoms with Crippen molar-refractivity contribution in [3.8, 4) is 6.01 Å². The normalized spacial score (nSPS) is 17.8. The van der Waals surface area contributed by atoms with Crippen molar-refractivity contribution in [3.05, 3.63) is 5.56 Å². The fourth-order valence-corrected chi connectivity index (χ4v) is 3.79. The highest BCUT2D eigenvalue weighted by Gasteiger charge is 2.31. The molecule has 2 N–H and O–H groups in total. The zero-order valence-electron chi connectivity index (χ0n) is 16.6. The Morgan fingerprint density at radius 1 is 1.04 bits per heavy atom. The number of anilines is 2. The minimum Gasteiger partial charge on any atom is -0.463 e. The standard InChI is InChI=1S/C20H33N5O2/c1-2-3-14-27-20-22-18(21)16-15-17(26)25(19(16)23-20)13-9-8-12-24-10-6-4-5-7-11-24/h2-15H2,1H3,(H2,21,22,23). The van der Waals surface area contributed by atoms with Crippen LogP contribution in [0.3, 0.4) is 0 Å². The van der Waals surface area contributed by atoms with Gasteiger partial charge >= 0.3 is 6.01 Å². The van der Waals surface area contributed by atoms with Crippen LogP contribution in [0, 0.1) is 0 Å². The highest BCUT2D eigenvalue weighted by Crippen LogP contribution is 2.32. The number of amides is 1. The third kappa shape index (κ3) is 5.31. The lowest BCUT2D eigenvalue weighted by atomic mass is 10.2. The second kappa shape index (κ2) is 9.88. The number of nitrogen functional groups attached to an aromatic ring is 1. The van der Waals surface area contributed by atoms with Crippen LogP contribution in [0.2, 0.25) is 0 Å². The zero-order chi connectivity index (χ0) is 19.1. The number of fused-ring (bicyclic) bond motifs is 1. The van der Waals surface area contributed by atoms with E-state index in [2.05, 4.69) is 21.8 Å². The summed E-state index contributed by atoms with van der Waals surface area (Å²) in [5.74, 6) is 1.08. The van der Waals surface area contributed by atoms with Gasteiger partial charge in [-0.15, -0.1) is 0 Å². The summed E-state index contributed by atoms with van der Waals surface area (Å²) < 4.78 is 5.61. The summed E-state index contributed by atoms with van der Waals surface area (Å²) in [5, 5.41) is 0. The van der Waals surface area contributed by atoms with Gasteiger partial charge in [-0.3, -0.25) is 9.69 Å². The van der Waals surface area contributed by atoms with Crippen molar-refractivity contribution in [2.24, 2.45) is 0 Å². The van der Waals surface area contributed by atoms with Crippen LogP contribution in [-0.4, -0.2) is 53.6 Å². The molecule has 2 aliphatic heterocycles. The zero-order valence-corrected chi connectivity index (χ0v) is 16.6. The van der Waals surface area contributed by atoms with Crippen molar-refractivity contribution >= 4 is 17.5 Å². The van der Waals surface area contributed by atoms with Crippen LogP contribution < -0.4 is 15.4 Å². The molecular formula is C20H33N5O2. The number of nitrogens with two attached hydrogens (primary N) is 1. The average molecular weight is 376 g/mol. The molecule has 3 heterocycles. The topological polar surface area (TPSA) is 84.6 Å². The number of hydrogen-bond donors (Lipinski definition) is 1. The molecule has 7 heteroatoms. The molecule has 3 rings (SSSR count). The molecule has 2 aliphatic rings. The van der Waals surface area contributed by atoms with Crippen LogP contribution in [0.4, 0.5) is 11.6 Å². The van der Waals surface area contributed by atoms with Gasteiger partial charge in [0.05, 0.1) is 13.0 Å². The molecule has 1 amide bonds. The molecule has 1 fully saturated rings. The van der Waals surface area contributed by atoms with Gasteiger partial charge in [0.15, 0.2) is 0 Å². The number of aromatic nitrogens is 2. The van der Waals surface area contributed by atoms with E-state index in [-0.39, 0.29) is 11.9 Å². The van der Waals surface area contributed by atoms with Crippen molar-refractivity contribution in [1.29, 1.82) is 0 Å². The van der Waals surface area contributed by atoms with Gasteiger partial charge in [0.2, 0.25) is 5.91 Å². The van der Waals surface area contributed by atoms with E-state index in [1.54, 1.807) is 4.90 Å². The first-order chi connectivity index (χ1) is 13.2. The minimum atomic E-state index is 0.0616. The van der Waals surface area contributed by atoms with Crippen molar-refractivity contribution < 1.29 is 9.53 Å². The lowest BCUT2D eigenvalue weighted by Crippen LogP contribution is -2.30. The first kappa shape index (κ1) is 19.9. The minimum absolute atomic E-state index is 0.0616. The maximum atomic E-state index is 12.4. The van der Waals surface area contributed by atoms with E-state index in [9.17, 15) is 4.79 Å². The monoisotopic (exact) mass is 375 g/mol. The first-order valence-electron chi connectivity index (χ1n) is 10.5. The van der Waals surface area contributed by atoms with E-state index in [0.29, 0.717) is 31.2 Å². The smallest absolute Gasteiger partial charge is 0.320 e. The van der Waals surface area contributed by atoms with Crippen LogP contribution in [0.1, 0.15) is 63.9 Å². The Bertz CT molecular complexity index is 629. The number of nitrogens with zero attached hydrogens (tertiary/aromatic N) is 4. The molecule has 0 saturated carbocycles. The Hall–Kier alpha value is -1.89. The van der Waals surface area contributed by atoms with Gasteiger partial charge in [-0.2, -0.15) is 9.97 Å². The molecule has 1 saturated heterocycles. The summed E-state index contributed by atoms with van der Waals surface area (Å²) in [6.07, 6.45) is 9.70. The maximum absolute atomic E-state index is 12.4. The Morgan fingerprint density at radius 2 is 1.78 bits per heavy atom. The van der Waals surface area contributed by atoms with Gasteiger partial charge in [0.25, 0.3) is 0 Å². The number of likely N-dealkylation sites (tertiary alicyclic amines) is 1. The Morgan fingerprint density at radius 3 is 2.52 bits per heavy atom. The van der Waals surface area contributed by atoms with Gasteiger partial charge in [0, 0.05) is 12.1 Å². The van der Waals surface area contributed by atoms with E-state index in [0.717, 1.165) is 37.8 Å². The van der Waals surface area contributed by atoms with Crippen LogP contribution in [0.25, 0.3) is 0 Å². The van der Waals surface area contributed by atoms with Crippen molar-refractivity contribution in [3.63, 3.8) is 0 Å². The number of carbonyl (C=O) groups excluding carboxylic acids is 1. The fourth-order valence-electron chi connectivity index (χ4n) is 3.79. The molecule has 1 aromatic rings. The quantitative estimate of drug-likeness (QED) is 0.668. The van der Waals surface area contributed by atoms with E-state index in [4.69, 9.17) is 10.5 Å². The number of carbonyl (C=O) groups is 1. The van der Waals surface area contributed by atoms with Crippen LogP contribution >= 0.6 is 0 Å². The first-order valence-corrected chi connectivity index (χ1v) is 10.5. The average Bonchev–Trinajstić information content (AvgIpc) is 2.83. The van der Waals surface area contributed by atoms with Crippen molar-refractivity contribution in [1.82, 2.24) is 14.9 Å². The van der Waals surface area contributed by atoms with Gasteiger partial charge in [-0.1, -0.05) is 26.2 Å². The Labute approximate surface area is 162 Å². The maximum Gasteiger partial charge on any atom is 0.320 e. The molecule has 0 radical (unpaired) electrons. The van der Waals surface area contributed by atoms with Gasteiger partial charge < -0.3 is 15.4 Å². The number of rotatable bonds is 9. The van der Waals surface area contributed by atoms with Crippen LogP contribution in [-0.2, 0) is 11.2 Å². The van der Waals surface area contributed by atoms with E-state index >= 15 is 0 Å². The molecule has 0 aliphatic carbocycles. The molecule has 150 valence electrons.